The molecule has 0 unspecified atom stereocenters. The largest absolute Gasteiger partial charge is 0.279 e. The first-order valence-corrected chi connectivity index (χ1v) is 9.67. The van der Waals surface area contributed by atoms with E-state index < -0.39 is 10.2 Å². The Balaban J connectivity index is 1.58. The van der Waals surface area contributed by atoms with Crippen LogP contribution in [0.15, 0.2) is 0 Å². The van der Waals surface area contributed by atoms with Crippen LogP contribution in [0.3, 0.4) is 0 Å². The molecule has 20 heavy (non-hydrogen) atoms. The van der Waals surface area contributed by atoms with Crippen LogP contribution >= 0.6 is 0 Å². The van der Waals surface area contributed by atoms with Crippen molar-refractivity contribution in [2.45, 2.75) is 58.4 Å². The highest BCUT2D eigenvalue weighted by Crippen LogP contribution is 2.49. The fraction of sp³-hybridized carbons (Fsp3) is 1.00. The molecule has 116 valence electrons. The third-order valence-corrected chi connectivity index (χ3v) is 7.57. The molecule has 0 amide bonds. The highest BCUT2D eigenvalue weighted by Gasteiger charge is 2.43. The van der Waals surface area contributed by atoms with Crippen LogP contribution in [0.4, 0.5) is 0 Å². The van der Waals surface area contributed by atoms with Gasteiger partial charge in [0.15, 0.2) is 0 Å². The van der Waals surface area contributed by atoms with E-state index in [9.17, 15) is 8.42 Å². The van der Waals surface area contributed by atoms with Gasteiger partial charge < -0.3 is 0 Å². The van der Waals surface area contributed by atoms with Gasteiger partial charge in [0.05, 0.1) is 0 Å². The third kappa shape index (κ3) is 2.90. The number of piperidine rings is 1. The summed E-state index contributed by atoms with van der Waals surface area (Å²) >= 11 is 0. The van der Waals surface area contributed by atoms with Gasteiger partial charge in [-0.25, -0.2) is 0 Å². The summed E-state index contributed by atoms with van der Waals surface area (Å²) in [5, 5.41) is 0. The Labute approximate surface area is 123 Å². The van der Waals surface area contributed by atoms with Crippen molar-refractivity contribution in [3.8, 4) is 0 Å². The van der Waals surface area contributed by atoms with Gasteiger partial charge in [-0.05, 0) is 62.7 Å². The average molecular weight is 300 g/mol. The van der Waals surface area contributed by atoms with Gasteiger partial charge in [-0.15, -0.1) is 0 Å². The number of nitrogens with zero attached hydrogens (tertiary/aromatic N) is 1. The van der Waals surface area contributed by atoms with Crippen LogP contribution in [0.5, 0.6) is 0 Å². The Morgan fingerprint density at radius 3 is 2.35 bits per heavy atom. The smallest absolute Gasteiger partial charge is 0.199 e. The van der Waals surface area contributed by atoms with Gasteiger partial charge in [0.1, 0.15) is 0 Å². The highest BCUT2D eigenvalue weighted by atomic mass is 32.2. The minimum Gasteiger partial charge on any atom is -0.199 e. The van der Waals surface area contributed by atoms with Crippen LogP contribution in [-0.4, -0.2) is 31.9 Å². The van der Waals surface area contributed by atoms with Crippen molar-refractivity contribution in [2.75, 3.05) is 13.1 Å². The maximum atomic E-state index is 12.5. The van der Waals surface area contributed by atoms with E-state index >= 15 is 0 Å². The van der Waals surface area contributed by atoms with E-state index in [1.165, 1.54) is 25.7 Å². The summed E-state index contributed by atoms with van der Waals surface area (Å²) in [6, 6.07) is 0.0923. The molecule has 2 saturated carbocycles. The Bertz CT molecular complexity index is 443. The molecule has 0 aromatic rings. The van der Waals surface area contributed by atoms with Gasteiger partial charge >= 0.3 is 0 Å². The molecule has 3 rings (SSSR count). The summed E-state index contributed by atoms with van der Waals surface area (Å²) in [4.78, 5) is 0. The van der Waals surface area contributed by atoms with Crippen molar-refractivity contribution in [3.05, 3.63) is 0 Å². The summed E-state index contributed by atoms with van der Waals surface area (Å²) in [6.45, 7) is 5.63. The minimum atomic E-state index is -3.28. The quantitative estimate of drug-likeness (QED) is 0.866. The Morgan fingerprint density at radius 2 is 1.80 bits per heavy atom. The first-order valence-electron chi connectivity index (χ1n) is 8.23. The lowest BCUT2D eigenvalue weighted by Gasteiger charge is -2.33. The Hall–Kier alpha value is -0.130. The van der Waals surface area contributed by atoms with Crippen molar-refractivity contribution < 1.29 is 8.42 Å². The van der Waals surface area contributed by atoms with Crippen molar-refractivity contribution >= 4 is 10.2 Å². The topological polar surface area (TPSA) is 49.4 Å². The van der Waals surface area contributed by atoms with Crippen LogP contribution < -0.4 is 4.72 Å². The van der Waals surface area contributed by atoms with Crippen molar-refractivity contribution in [3.63, 3.8) is 0 Å². The summed E-state index contributed by atoms with van der Waals surface area (Å²) in [5.41, 5.74) is 0. The summed E-state index contributed by atoms with van der Waals surface area (Å²) < 4.78 is 29.6. The van der Waals surface area contributed by atoms with E-state index in [4.69, 9.17) is 0 Å². The molecule has 1 saturated heterocycles. The number of nitrogens with one attached hydrogen (secondary N) is 1. The molecule has 4 nitrogen and oxygen atoms in total. The number of hydrogen-bond donors (Lipinski definition) is 1. The van der Waals surface area contributed by atoms with Gasteiger partial charge in [-0.3, -0.25) is 0 Å². The van der Waals surface area contributed by atoms with E-state index in [2.05, 4.69) is 18.6 Å². The van der Waals surface area contributed by atoms with Gasteiger partial charge in [-0.2, -0.15) is 17.4 Å². The van der Waals surface area contributed by atoms with Gasteiger partial charge in [0, 0.05) is 19.1 Å². The molecular formula is C15H28N2O2S. The van der Waals surface area contributed by atoms with Crippen LogP contribution in [0.1, 0.15) is 52.4 Å². The first kappa shape index (κ1) is 14.8. The van der Waals surface area contributed by atoms with Crippen LogP contribution in [0, 0.1) is 23.7 Å². The fourth-order valence-corrected chi connectivity index (χ4v) is 6.01. The van der Waals surface area contributed by atoms with Gasteiger partial charge in [-0.1, -0.05) is 13.3 Å². The van der Waals surface area contributed by atoms with E-state index in [-0.39, 0.29) is 6.04 Å². The molecule has 5 heteroatoms. The Kier molecular flexibility index (Phi) is 4.13. The van der Waals surface area contributed by atoms with Gasteiger partial charge in [0.25, 0.3) is 10.2 Å². The predicted octanol–water partition coefficient (Wildman–Crippen LogP) is 2.38. The molecule has 1 N–H and O–H groups in total. The molecule has 0 spiro atoms. The zero-order valence-electron chi connectivity index (χ0n) is 12.7. The minimum absolute atomic E-state index is 0.0923. The fourth-order valence-electron chi connectivity index (χ4n) is 4.53. The van der Waals surface area contributed by atoms with Gasteiger partial charge in [0.2, 0.25) is 0 Å². The van der Waals surface area contributed by atoms with E-state index in [0.29, 0.717) is 24.9 Å². The maximum Gasteiger partial charge on any atom is 0.279 e. The molecule has 3 aliphatic rings. The molecule has 4 atom stereocenters. The van der Waals surface area contributed by atoms with Crippen molar-refractivity contribution in [2.24, 2.45) is 23.7 Å². The lowest BCUT2D eigenvalue weighted by molar-refractivity contribution is 0.261. The molecular weight excluding hydrogens is 272 g/mol. The monoisotopic (exact) mass is 300 g/mol. The normalized spacial score (nSPS) is 37.4. The van der Waals surface area contributed by atoms with E-state index in [0.717, 1.165) is 24.7 Å². The SMILES string of the molecule is CC1CCN(S(=O)(=O)N[C@@H](C)[C@H]2C[C@@H]3CC[C@@H]2C3)CC1. The number of hydrogen-bond acceptors (Lipinski definition) is 2. The second-order valence-corrected chi connectivity index (χ2v) is 9.03. The zero-order chi connectivity index (χ0) is 14.3. The molecule has 0 aromatic heterocycles. The first-order chi connectivity index (χ1) is 9.45. The van der Waals surface area contributed by atoms with Crippen LogP contribution in [0.25, 0.3) is 0 Å². The molecule has 1 aliphatic heterocycles. The zero-order valence-corrected chi connectivity index (χ0v) is 13.5. The molecule has 2 aliphatic carbocycles. The van der Waals surface area contributed by atoms with Crippen LogP contribution in [0.2, 0.25) is 0 Å². The van der Waals surface area contributed by atoms with E-state index in [1.807, 2.05) is 0 Å². The summed E-state index contributed by atoms with van der Waals surface area (Å²) in [5.74, 6) is 2.85. The van der Waals surface area contributed by atoms with Crippen LogP contribution in [-0.2, 0) is 10.2 Å². The second-order valence-electron chi connectivity index (χ2n) is 7.33. The molecule has 0 radical (unpaired) electrons. The lowest BCUT2D eigenvalue weighted by atomic mass is 9.84. The predicted molar refractivity (Wildman–Crippen MR) is 80.4 cm³/mol. The maximum absolute atomic E-state index is 12.5. The average Bonchev–Trinajstić information content (AvgIpc) is 3.01. The number of rotatable bonds is 4. The summed E-state index contributed by atoms with van der Waals surface area (Å²) in [6.07, 6.45) is 7.21. The van der Waals surface area contributed by atoms with E-state index in [1.54, 1.807) is 4.31 Å². The number of fused-ring (bicyclic) bond motifs is 2. The molecule has 0 aromatic carbocycles. The molecule has 2 bridgehead atoms. The second kappa shape index (κ2) is 5.58. The Morgan fingerprint density at radius 1 is 1.10 bits per heavy atom. The highest BCUT2D eigenvalue weighted by molar-refractivity contribution is 7.87. The van der Waals surface area contributed by atoms with Crippen molar-refractivity contribution in [1.82, 2.24) is 9.03 Å². The third-order valence-electron chi connectivity index (χ3n) is 5.85. The lowest BCUT2D eigenvalue weighted by Crippen LogP contribution is -2.49. The summed E-state index contributed by atoms with van der Waals surface area (Å²) in [7, 11) is -3.28. The molecule has 1 heterocycles. The standard InChI is InChI=1S/C15H28N2O2S/c1-11-5-7-17(8-6-11)20(18,19)16-12(2)15-10-13-3-4-14(15)9-13/h11-16H,3-10H2,1-2H3/t12-,13+,14+,15+/m0/s1. The molecule has 3 fully saturated rings. The van der Waals surface area contributed by atoms with Crippen molar-refractivity contribution in [1.29, 1.82) is 0 Å².